The van der Waals surface area contributed by atoms with Crippen LogP contribution in [0.1, 0.15) is 19.0 Å². The standard InChI is InChI=1S/C16H23N3O2/c1-4-21-11-5-10-19-12-13(2)17-16(19)18-14-6-8-15(20-3)9-7-14/h6-9,12H,4-5,10-11H2,1-3H3,(H,17,18). The second kappa shape index (κ2) is 7.69. The fourth-order valence-corrected chi connectivity index (χ4v) is 2.10. The van der Waals surface area contributed by atoms with Crippen molar-refractivity contribution in [2.75, 3.05) is 25.6 Å². The van der Waals surface area contributed by atoms with Crippen molar-refractivity contribution >= 4 is 11.6 Å². The van der Waals surface area contributed by atoms with Gasteiger partial charge in [0.2, 0.25) is 5.95 Å². The van der Waals surface area contributed by atoms with Crippen LogP contribution in [-0.2, 0) is 11.3 Å². The molecule has 0 atom stereocenters. The third-order valence-corrected chi connectivity index (χ3v) is 3.13. The Morgan fingerprint density at radius 2 is 2.00 bits per heavy atom. The Morgan fingerprint density at radius 3 is 2.67 bits per heavy atom. The summed E-state index contributed by atoms with van der Waals surface area (Å²) in [5, 5.41) is 3.34. The summed E-state index contributed by atoms with van der Waals surface area (Å²) in [6, 6.07) is 7.82. The van der Waals surface area contributed by atoms with Crippen molar-refractivity contribution in [3.8, 4) is 5.75 Å². The van der Waals surface area contributed by atoms with E-state index in [1.807, 2.05) is 38.1 Å². The zero-order chi connectivity index (χ0) is 15.1. The van der Waals surface area contributed by atoms with Gasteiger partial charge in [0.1, 0.15) is 5.75 Å². The highest BCUT2D eigenvalue weighted by Crippen LogP contribution is 2.20. The van der Waals surface area contributed by atoms with Gasteiger partial charge in [-0.15, -0.1) is 0 Å². The molecule has 2 aromatic rings. The molecule has 0 unspecified atom stereocenters. The number of nitrogens with zero attached hydrogens (tertiary/aromatic N) is 2. The van der Waals surface area contributed by atoms with Crippen molar-refractivity contribution in [2.45, 2.75) is 26.8 Å². The monoisotopic (exact) mass is 289 g/mol. The Balaban J connectivity index is 2.01. The molecule has 1 N–H and O–H groups in total. The Bertz CT molecular complexity index is 549. The summed E-state index contributed by atoms with van der Waals surface area (Å²) >= 11 is 0. The molecule has 5 heteroatoms. The number of hydrogen-bond donors (Lipinski definition) is 1. The third kappa shape index (κ3) is 4.49. The normalized spacial score (nSPS) is 10.6. The number of rotatable bonds is 8. The van der Waals surface area contributed by atoms with Crippen LogP contribution >= 0.6 is 0 Å². The highest BCUT2D eigenvalue weighted by molar-refractivity contribution is 5.55. The molecule has 2 rings (SSSR count). The fraction of sp³-hybridized carbons (Fsp3) is 0.438. The van der Waals surface area contributed by atoms with E-state index in [2.05, 4.69) is 21.1 Å². The number of anilines is 2. The van der Waals surface area contributed by atoms with E-state index < -0.39 is 0 Å². The van der Waals surface area contributed by atoms with E-state index in [-0.39, 0.29) is 0 Å². The molecule has 114 valence electrons. The molecule has 1 heterocycles. The average Bonchev–Trinajstić information content (AvgIpc) is 2.84. The minimum Gasteiger partial charge on any atom is -0.497 e. The van der Waals surface area contributed by atoms with Gasteiger partial charge in [0, 0.05) is 31.6 Å². The van der Waals surface area contributed by atoms with Crippen LogP contribution in [-0.4, -0.2) is 29.9 Å². The van der Waals surface area contributed by atoms with Gasteiger partial charge in [0.15, 0.2) is 0 Å². The summed E-state index contributed by atoms with van der Waals surface area (Å²) in [5.41, 5.74) is 2.00. The van der Waals surface area contributed by atoms with Crippen molar-refractivity contribution in [1.82, 2.24) is 9.55 Å². The van der Waals surface area contributed by atoms with Gasteiger partial charge >= 0.3 is 0 Å². The van der Waals surface area contributed by atoms with Gasteiger partial charge in [-0.1, -0.05) is 0 Å². The van der Waals surface area contributed by atoms with Gasteiger partial charge in [0.25, 0.3) is 0 Å². The minimum absolute atomic E-state index is 0.764. The zero-order valence-corrected chi connectivity index (χ0v) is 12.9. The maximum absolute atomic E-state index is 5.38. The molecule has 0 aliphatic heterocycles. The first kappa shape index (κ1) is 15.4. The largest absolute Gasteiger partial charge is 0.497 e. The lowest BCUT2D eigenvalue weighted by Gasteiger charge is -2.10. The van der Waals surface area contributed by atoms with Crippen LogP contribution in [0.5, 0.6) is 5.75 Å². The first-order valence-electron chi connectivity index (χ1n) is 7.25. The molecule has 0 saturated carbocycles. The highest BCUT2D eigenvalue weighted by Gasteiger charge is 2.06. The average molecular weight is 289 g/mol. The summed E-state index contributed by atoms with van der Waals surface area (Å²) in [7, 11) is 1.66. The van der Waals surface area contributed by atoms with Crippen LogP contribution in [0.25, 0.3) is 0 Å². The van der Waals surface area contributed by atoms with Gasteiger partial charge in [-0.3, -0.25) is 0 Å². The van der Waals surface area contributed by atoms with Crippen molar-refractivity contribution in [3.05, 3.63) is 36.2 Å². The van der Waals surface area contributed by atoms with E-state index in [4.69, 9.17) is 9.47 Å². The Kier molecular flexibility index (Phi) is 5.63. The highest BCUT2D eigenvalue weighted by atomic mass is 16.5. The molecule has 21 heavy (non-hydrogen) atoms. The van der Waals surface area contributed by atoms with Gasteiger partial charge < -0.3 is 19.4 Å². The van der Waals surface area contributed by atoms with E-state index in [9.17, 15) is 0 Å². The molecule has 0 spiro atoms. The second-order valence-electron chi connectivity index (χ2n) is 4.80. The summed E-state index contributed by atoms with van der Waals surface area (Å²) in [6.07, 6.45) is 3.03. The Hall–Kier alpha value is -2.01. The van der Waals surface area contributed by atoms with Crippen molar-refractivity contribution in [2.24, 2.45) is 0 Å². The van der Waals surface area contributed by atoms with Crippen LogP contribution in [0.3, 0.4) is 0 Å². The minimum atomic E-state index is 0.764. The van der Waals surface area contributed by atoms with E-state index >= 15 is 0 Å². The van der Waals surface area contributed by atoms with Crippen molar-refractivity contribution < 1.29 is 9.47 Å². The van der Waals surface area contributed by atoms with Gasteiger partial charge in [0.05, 0.1) is 12.8 Å². The molecule has 0 aliphatic rings. The molecule has 0 saturated heterocycles. The van der Waals surface area contributed by atoms with Crippen molar-refractivity contribution in [1.29, 1.82) is 0 Å². The number of aromatic nitrogens is 2. The SMILES string of the molecule is CCOCCCn1cc(C)nc1Nc1ccc(OC)cc1. The third-order valence-electron chi connectivity index (χ3n) is 3.13. The number of aryl methyl sites for hydroxylation is 2. The van der Waals surface area contributed by atoms with Gasteiger partial charge in [-0.05, 0) is 44.5 Å². The zero-order valence-electron chi connectivity index (χ0n) is 12.9. The number of benzene rings is 1. The number of ether oxygens (including phenoxy) is 2. The number of nitrogens with one attached hydrogen (secondary N) is 1. The summed E-state index contributed by atoms with van der Waals surface area (Å²) < 4.78 is 12.7. The molecule has 0 aliphatic carbocycles. The van der Waals surface area contributed by atoms with E-state index in [1.54, 1.807) is 7.11 Å². The quantitative estimate of drug-likeness (QED) is 0.757. The molecule has 0 radical (unpaired) electrons. The van der Waals surface area contributed by atoms with E-state index in [0.717, 1.165) is 49.3 Å². The predicted octanol–water partition coefficient (Wildman–Crippen LogP) is 3.37. The number of methoxy groups -OCH3 is 1. The van der Waals surface area contributed by atoms with E-state index in [1.165, 1.54) is 0 Å². The molecule has 0 fully saturated rings. The molecular weight excluding hydrogens is 266 g/mol. The topological polar surface area (TPSA) is 48.3 Å². The number of hydrogen-bond acceptors (Lipinski definition) is 4. The summed E-state index contributed by atoms with van der Waals surface area (Å²) in [5.74, 6) is 1.70. The van der Waals surface area contributed by atoms with Gasteiger partial charge in [-0.2, -0.15) is 0 Å². The van der Waals surface area contributed by atoms with Crippen LogP contribution in [0.15, 0.2) is 30.5 Å². The molecule has 1 aromatic heterocycles. The fourth-order valence-electron chi connectivity index (χ4n) is 2.10. The maximum Gasteiger partial charge on any atom is 0.207 e. The summed E-state index contributed by atoms with van der Waals surface area (Å²) in [4.78, 5) is 4.53. The smallest absolute Gasteiger partial charge is 0.207 e. The van der Waals surface area contributed by atoms with Crippen molar-refractivity contribution in [3.63, 3.8) is 0 Å². The van der Waals surface area contributed by atoms with Crippen LogP contribution < -0.4 is 10.1 Å². The molecule has 0 amide bonds. The predicted molar refractivity (Wildman–Crippen MR) is 84.4 cm³/mol. The molecule has 0 bridgehead atoms. The van der Waals surface area contributed by atoms with Gasteiger partial charge in [-0.25, -0.2) is 4.98 Å². The molecule has 5 nitrogen and oxygen atoms in total. The lowest BCUT2D eigenvalue weighted by atomic mass is 10.3. The molecular formula is C16H23N3O2. The van der Waals surface area contributed by atoms with Crippen LogP contribution in [0.4, 0.5) is 11.6 Å². The van der Waals surface area contributed by atoms with E-state index in [0.29, 0.717) is 0 Å². The first-order valence-corrected chi connectivity index (χ1v) is 7.25. The second-order valence-corrected chi connectivity index (χ2v) is 4.80. The van der Waals surface area contributed by atoms with Crippen LogP contribution in [0, 0.1) is 6.92 Å². The lowest BCUT2D eigenvalue weighted by Crippen LogP contribution is -2.06. The lowest BCUT2D eigenvalue weighted by molar-refractivity contribution is 0.142. The Morgan fingerprint density at radius 1 is 1.24 bits per heavy atom. The van der Waals surface area contributed by atoms with Crippen LogP contribution in [0.2, 0.25) is 0 Å². The summed E-state index contributed by atoms with van der Waals surface area (Å²) in [6.45, 7) is 6.44. The first-order chi connectivity index (χ1) is 10.2. The number of imidazole rings is 1. The molecule has 1 aromatic carbocycles. The maximum atomic E-state index is 5.38. The Labute approximate surface area is 125 Å².